The number of aromatic nitrogens is 2. The van der Waals surface area contributed by atoms with Crippen LogP contribution in [0.25, 0.3) is 0 Å². The summed E-state index contributed by atoms with van der Waals surface area (Å²) in [4.78, 5) is 20.4. The Labute approximate surface area is 160 Å². The van der Waals surface area contributed by atoms with Gasteiger partial charge in [0.1, 0.15) is 5.82 Å². The molecule has 2 aromatic carbocycles. The van der Waals surface area contributed by atoms with E-state index in [1.165, 1.54) is 0 Å². The SMILES string of the molecule is O=C(NCc1ccccc1)c1nc(Cc2ccc3c(c2)OCO3)nc(O)c1O. The summed E-state index contributed by atoms with van der Waals surface area (Å²) in [6, 6.07) is 14.7. The molecule has 8 nitrogen and oxygen atoms in total. The van der Waals surface area contributed by atoms with Crippen LogP contribution in [-0.2, 0) is 13.0 Å². The number of hydrogen-bond acceptors (Lipinski definition) is 7. The summed E-state index contributed by atoms with van der Waals surface area (Å²) >= 11 is 0. The molecule has 3 aromatic rings. The maximum atomic E-state index is 12.4. The van der Waals surface area contributed by atoms with Crippen molar-refractivity contribution in [3.63, 3.8) is 0 Å². The van der Waals surface area contributed by atoms with Gasteiger partial charge in [-0.1, -0.05) is 36.4 Å². The highest BCUT2D eigenvalue weighted by Gasteiger charge is 2.20. The minimum atomic E-state index is -0.653. The minimum absolute atomic E-state index is 0.168. The first kappa shape index (κ1) is 17.6. The highest BCUT2D eigenvalue weighted by Crippen LogP contribution is 2.33. The summed E-state index contributed by atoms with van der Waals surface area (Å²) in [7, 11) is 0. The van der Waals surface area contributed by atoms with Gasteiger partial charge in [0.05, 0.1) is 0 Å². The molecule has 1 aliphatic rings. The molecule has 142 valence electrons. The van der Waals surface area contributed by atoms with E-state index in [1.54, 1.807) is 12.1 Å². The number of nitrogens with one attached hydrogen (secondary N) is 1. The third-order valence-electron chi connectivity index (χ3n) is 4.22. The van der Waals surface area contributed by atoms with Gasteiger partial charge in [0.2, 0.25) is 12.5 Å². The predicted octanol–water partition coefficient (Wildman–Crippen LogP) is 2.14. The Morgan fingerprint density at radius 3 is 2.61 bits per heavy atom. The van der Waals surface area contributed by atoms with Gasteiger partial charge in [-0.15, -0.1) is 0 Å². The van der Waals surface area contributed by atoms with Gasteiger partial charge in [0.15, 0.2) is 17.2 Å². The molecule has 1 amide bonds. The van der Waals surface area contributed by atoms with Gasteiger partial charge in [0, 0.05) is 13.0 Å². The normalized spacial score (nSPS) is 12.0. The van der Waals surface area contributed by atoms with Crippen LogP contribution in [0.4, 0.5) is 0 Å². The van der Waals surface area contributed by atoms with Crippen molar-refractivity contribution in [2.45, 2.75) is 13.0 Å². The fourth-order valence-electron chi connectivity index (χ4n) is 2.82. The van der Waals surface area contributed by atoms with E-state index in [2.05, 4.69) is 15.3 Å². The molecule has 4 rings (SSSR count). The maximum Gasteiger partial charge on any atom is 0.274 e. The van der Waals surface area contributed by atoms with Crippen molar-refractivity contribution in [3.8, 4) is 23.1 Å². The van der Waals surface area contributed by atoms with Crippen LogP contribution in [0.1, 0.15) is 27.4 Å². The highest BCUT2D eigenvalue weighted by atomic mass is 16.7. The van der Waals surface area contributed by atoms with Crippen molar-refractivity contribution in [2.75, 3.05) is 6.79 Å². The van der Waals surface area contributed by atoms with E-state index in [0.717, 1.165) is 11.1 Å². The number of nitrogens with zero attached hydrogens (tertiary/aromatic N) is 2. The lowest BCUT2D eigenvalue weighted by atomic mass is 10.1. The standard InChI is InChI=1S/C20H17N3O5/c24-18-17(19(25)21-10-12-4-2-1-3-5-12)22-16(23-20(18)26)9-13-6-7-14-15(8-13)28-11-27-14/h1-8,24H,9-11H2,(H,21,25)(H,22,23,26). The van der Waals surface area contributed by atoms with Crippen LogP contribution >= 0.6 is 0 Å². The highest BCUT2D eigenvalue weighted by molar-refractivity contribution is 5.95. The van der Waals surface area contributed by atoms with Crippen LogP contribution in [0.5, 0.6) is 23.1 Å². The molecule has 0 unspecified atom stereocenters. The molecule has 1 aromatic heterocycles. The van der Waals surface area contributed by atoms with E-state index >= 15 is 0 Å². The molecule has 0 aliphatic carbocycles. The molecule has 0 saturated heterocycles. The molecular weight excluding hydrogens is 362 g/mol. The van der Waals surface area contributed by atoms with Crippen LogP contribution in [0.3, 0.4) is 0 Å². The summed E-state index contributed by atoms with van der Waals surface area (Å²) in [6.07, 6.45) is 0.240. The quantitative estimate of drug-likeness (QED) is 0.622. The van der Waals surface area contributed by atoms with Gasteiger partial charge in [-0.05, 0) is 23.3 Å². The molecule has 28 heavy (non-hydrogen) atoms. The average molecular weight is 379 g/mol. The molecule has 0 saturated carbocycles. The molecule has 0 bridgehead atoms. The number of carbonyl (C=O) groups excluding carboxylic acids is 1. The van der Waals surface area contributed by atoms with E-state index in [0.29, 0.717) is 11.5 Å². The molecule has 3 N–H and O–H groups in total. The first-order valence-electron chi connectivity index (χ1n) is 8.59. The lowest BCUT2D eigenvalue weighted by Gasteiger charge is -2.09. The number of fused-ring (bicyclic) bond motifs is 1. The van der Waals surface area contributed by atoms with Crippen molar-refractivity contribution in [1.29, 1.82) is 0 Å². The number of aromatic hydroxyl groups is 2. The lowest BCUT2D eigenvalue weighted by molar-refractivity contribution is 0.0941. The van der Waals surface area contributed by atoms with Crippen molar-refractivity contribution < 1.29 is 24.5 Å². The summed E-state index contributed by atoms with van der Waals surface area (Å²) in [5, 5.41) is 22.6. The molecule has 0 atom stereocenters. The molecule has 0 fully saturated rings. The first-order chi connectivity index (χ1) is 13.6. The molecular formula is C20H17N3O5. The first-order valence-corrected chi connectivity index (χ1v) is 8.59. The van der Waals surface area contributed by atoms with Gasteiger partial charge in [-0.2, -0.15) is 4.98 Å². The number of ether oxygens (including phenoxy) is 2. The van der Waals surface area contributed by atoms with Crippen LogP contribution in [0, 0.1) is 0 Å². The van der Waals surface area contributed by atoms with Gasteiger partial charge in [-0.3, -0.25) is 4.79 Å². The van der Waals surface area contributed by atoms with Gasteiger partial charge < -0.3 is 25.0 Å². The Balaban J connectivity index is 1.53. The zero-order valence-electron chi connectivity index (χ0n) is 14.8. The topological polar surface area (TPSA) is 114 Å². The van der Waals surface area contributed by atoms with Crippen LogP contribution in [0.15, 0.2) is 48.5 Å². The Morgan fingerprint density at radius 1 is 1.00 bits per heavy atom. The van der Waals surface area contributed by atoms with E-state index in [1.807, 2.05) is 36.4 Å². The lowest BCUT2D eigenvalue weighted by Crippen LogP contribution is -2.24. The molecule has 1 aliphatic heterocycles. The van der Waals surface area contributed by atoms with Gasteiger partial charge in [-0.25, -0.2) is 4.98 Å². The molecule has 0 spiro atoms. The summed E-state index contributed by atoms with van der Waals surface area (Å²) in [5.41, 5.74) is 1.43. The molecule has 0 radical (unpaired) electrons. The summed E-state index contributed by atoms with van der Waals surface area (Å²) in [6.45, 7) is 0.433. The number of amides is 1. The monoisotopic (exact) mass is 379 g/mol. The van der Waals surface area contributed by atoms with Crippen molar-refractivity contribution >= 4 is 5.91 Å². The maximum absolute atomic E-state index is 12.4. The molecule has 2 heterocycles. The fourth-order valence-corrected chi connectivity index (χ4v) is 2.82. The largest absolute Gasteiger partial charge is 0.501 e. The van der Waals surface area contributed by atoms with Gasteiger partial charge >= 0.3 is 0 Å². The Kier molecular flexibility index (Phi) is 4.67. The third-order valence-corrected chi connectivity index (χ3v) is 4.22. The Morgan fingerprint density at radius 2 is 1.79 bits per heavy atom. The number of rotatable bonds is 5. The zero-order valence-corrected chi connectivity index (χ0v) is 14.8. The van der Waals surface area contributed by atoms with E-state index < -0.39 is 17.5 Å². The smallest absolute Gasteiger partial charge is 0.274 e. The van der Waals surface area contributed by atoms with E-state index in [9.17, 15) is 15.0 Å². The summed E-state index contributed by atoms with van der Waals surface area (Å²) in [5.74, 6) is -0.443. The molecule has 8 heteroatoms. The van der Waals surface area contributed by atoms with E-state index in [-0.39, 0.29) is 31.3 Å². The van der Waals surface area contributed by atoms with Crippen LogP contribution < -0.4 is 14.8 Å². The summed E-state index contributed by atoms with van der Waals surface area (Å²) < 4.78 is 10.6. The number of hydrogen-bond donors (Lipinski definition) is 3. The van der Waals surface area contributed by atoms with Crippen molar-refractivity contribution in [2.24, 2.45) is 0 Å². The average Bonchev–Trinajstić information content (AvgIpc) is 3.17. The van der Waals surface area contributed by atoms with Crippen LogP contribution in [-0.4, -0.2) is 32.9 Å². The fraction of sp³-hybridized carbons (Fsp3) is 0.150. The third kappa shape index (κ3) is 3.66. The van der Waals surface area contributed by atoms with Crippen LogP contribution in [0.2, 0.25) is 0 Å². The second-order valence-corrected chi connectivity index (χ2v) is 6.19. The van der Waals surface area contributed by atoms with Gasteiger partial charge in [0.25, 0.3) is 11.8 Å². The zero-order chi connectivity index (χ0) is 19.5. The van der Waals surface area contributed by atoms with Crippen molar-refractivity contribution in [1.82, 2.24) is 15.3 Å². The minimum Gasteiger partial charge on any atom is -0.501 e. The Bertz CT molecular complexity index is 1020. The van der Waals surface area contributed by atoms with E-state index in [4.69, 9.17) is 9.47 Å². The second kappa shape index (κ2) is 7.43. The number of benzene rings is 2. The Hall–Kier alpha value is -3.81. The second-order valence-electron chi connectivity index (χ2n) is 6.19. The predicted molar refractivity (Wildman–Crippen MR) is 98.3 cm³/mol. The van der Waals surface area contributed by atoms with Crippen molar-refractivity contribution in [3.05, 3.63) is 71.2 Å². The number of carbonyl (C=O) groups is 1.